The molecule has 29 heavy (non-hydrogen) atoms. The molecule has 2 fully saturated rings. The zero-order valence-electron chi connectivity index (χ0n) is 17.0. The summed E-state index contributed by atoms with van der Waals surface area (Å²) in [6, 6.07) is 9.17. The Hall–Kier alpha value is -1.83. The second-order valence-corrected chi connectivity index (χ2v) is 8.73. The van der Waals surface area contributed by atoms with Crippen LogP contribution in [0, 0.1) is 0 Å². The molecule has 1 saturated carbocycles. The molecule has 1 aliphatic heterocycles. The Morgan fingerprint density at radius 3 is 2.79 bits per heavy atom. The molecular formula is C22H32N4O2S. The van der Waals surface area contributed by atoms with Gasteiger partial charge in [0.15, 0.2) is 5.96 Å². The van der Waals surface area contributed by atoms with E-state index in [1.807, 2.05) is 23.5 Å². The summed E-state index contributed by atoms with van der Waals surface area (Å²) < 4.78 is 11.0. The van der Waals surface area contributed by atoms with Crippen molar-refractivity contribution in [1.29, 1.82) is 0 Å². The molecule has 6 nitrogen and oxygen atoms in total. The number of rotatable bonds is 8. The van der Waals surface area contributed by atoms with Crippen LogP contribution in [0.4, 0.5) is 0 Å². The highest BCUT2D eigenvalue weighted by atomic mass is 32.1. The number of hydrogen-bond acceptors (Lipinski definition) is 5. The van der Waals surface area contributed by atoms with Crippen molar-refractivity contribution in [2.45, 2.75) is 44.2 Å². The number of nitrogens with zero attached hydrogens (tertiary/aromatic N) is 2. The first-order valence-corrected chi connectivity index (χ1v) is 11.7. The van der Waals surface area contributed by atoms with Crippen molar-refractivity contribution < 1.29 is 9.15 Å². The van der Waals surface area contributed by atoms with E-state index in [4.69, 9.17) is 14.1 Å². The topological polar surface area (TPSA) is 62.0 Å². The standard InChI is InChI=1S/C22H32N4O2S/c1-2-6-18(5-1)25-22(23-10-9-19-7-3-13-28-19)24-17-20(21-8-4-16-29-21)26-11-14-27-15-12-26/h3-4,7-8,13,16,18,20H,1-2,5-6,9-12,14-15,17H2,(H2,23,24,25). The van der Waals surface area contributed by atoms with Crippen LogP contribution in [0.5, 0.6) is 0 Å². The largest absolute Gasteiger partial charge is 0.469 e. The van der Waals surface area contributed by atoms with E-state index >= 15 is 0 Å². The van der Waals surface area contributed by atoms with Gasteiger partial charge in [-0.15, -0.1) is 11.3 Å². The molecule has 2 aromatic rings. The molecule has 0 amide bonds. The first-order valence-electron chi connectivity index (χ1n) is 10.8. The predicted octanol–water partition coefficient (Wildman–Crippen LogP) is 3.43. The van der Waals surface area contributed by atoms with Gasteiger partial charge >= 0.3 is 0 Å². The molecule has 7 heteroatoms. The minimum atomic E-state index is 0.311. The van der Waals surface area contributed by atoms with E-state index in [0.717, 1.165) is 57.5 Å². The molecule has 0 bridgehead atoms. The Morgan fingerprint density at radius 1 is 1.21 bits per heavy atom. The van der Waals surface area contributed by atoms with Gasteiger partial charge < -0.3 is 19.8 Å². The first-order chi connectivity index (χ1) is 14.4. The molecule has 0 spiro atoms. The molecule has 0 aromatic carbocycles. The predicted molar refractivity (Wildman–Crippen MR) is 118 cm³/mol. The number of guanidine groups is 1. The summed E-state index contributed by atoms with van der Waals surface area (Å²) >= 11 is 1.82. The van der Waals surface area contributed by atoms with Crippen molar-refractivity contribution in [3.63, 3.8) is 0 Å². The summed E-state index contributed by atoms with van der Waals surface area (Å²) in [5, 5.41) is 9.35. The fourth-order valence-electron chi connectivity index (χ4n) is 4.11. The van der Waals surface area contributed by atoms with Crippen molar-refractivity contribution >= 4 is 17.3 Å². The molecule has 4 rings (SSSR count). The van der Waals surface area contributed by atoms with Crippen molar-refractivity contribution in [2.75, 3.05) is 39.4 Å². The smallest absolute Gasteiger partial charge is 0.191 e. The van der Waals surface area contributed by atoms with Crippen molar-refractivity contribution in [3.05, 3.63) is 46.5 Å². The summed E-state index contributed by atoms with van der Waals surface area (Å²) in [4.78, 5) is 8.92. The van der Waals surface area contributed by atoms with Gasteiger partial charge in [0.25, 0.3) is 0 Å². The number of thiophene rings is 1. The highest BCUT2D eigenvalue weighted by Gasteiger charge is 2.24. The van der Waals surface area contributed by atoms with Crippen LogP contribution in [0.15, 0.2) is 45.3 Å². The summed E-state index contributed by atoms with van der Waals surface area (Å²) in [5.41, 5.74) is 0. The minimum absolute atomic E-state index is 0.311. The van der Waals surface area contributed by atoms with Gasteiger partial charge in [0, 0.05) is 37.0 Å². The van der Waals surface area contributed by atoms with Gasteiger partial charge in [-0.3, -0.25) is 9.89 Å². The van der Waals surface area contributed by atoms with Crippen molar-refractivity contribution in [1.82, 2.24) is 15.5 Å². The lowest BCUT2D eigenvalue weighted by molar-refractivity contribution is 0.0186. The molecule has 0 radical (unpaired) electrons. The Morgan fingerprint density at radius 2 is 2.07 bits per heavy atom. The monoisotopic (exact) mass is 416 g/mol. The van der Waals surface area contributed by atoms with Crippen LogP contribution >= 0.6 is 11.3 Å². The maximum Gasteiger partial charge on any atom is 0.191 e. The zero-order chi connectivity index (χ0) is 19.7. The Labute approximate surface area is 177 Å². The third kappa shape index (κ3) is 6.07. The Kier molecular flexibility index (Phi) is 7.62. The summed E-state index contributed by atoms with van der Waals surface area (Å²) in [5.74, 6) is 1.93. The second-order valence-electron chi connectivity index (χ2n) is 7.75. The average molecular weight is 417 g/mol. The number of furan rings is 1. The first kappa shape index (κ1) is 20.4. The van der Waals surface area contributed by atoms with Gasteiger partial charge in [0.05, 0.1) is 32.1 Å². The van der Waals surface area contributed by atoms with E-state index in [9.17, 15) is 0 Å². The molecule has 1 aliphatic carbocycles. The molecule has 1 atom stereocenters. The van der Waals surface area contributed by atoms with Crippen molar-refractivity contribution in [2.24, 2.45) is 4.99 Å². The van der Waals surface area contributed by atoms with Crippen LogP contribution in [0.25, 0.3) is 0 Å². The molecule has 1 unspecified atom stereocenters. The average Bonchev–Trinajstić information content (AvgIpc) is 3.53. The van der Waals surface area contributed by atoms with Gasteiger partial charge in [-0.05, 0) is 36.4 Å². The molecule has 2 aliphatic rings. The van der Waals surface area contributed by atoms with Crippen molar-refractivity contribution in [3.8, 4) is 0 Å². The van der Waals surface area contributed by atoms with Crippen LogP contribution in [-0.4, -0.2) is 56.3 Å². The fourth-order valence-corrected chi connectivity index (χ4v) is 4.96. The van der Waals surface area contributed by atoms with Crippen LogP contribution in [-0.2, 0) is 11.2 Å². The molecule has 2 N–H and O–H groups in total. The van der Waals surface area contributed by atoms with E-state index in [1.165, 1.54) is 30.6 Å². The van der Waals surface area contributed by atoms with E-state index < -0.39 is 0 Å². The van der Waals surface area contributed by atoms with Crippen LogP contribution in [0.1, 0.15) is 42.4 Å². The molecule has 158 valence electrons. The minimum Gasteiger partial charge on any atom is -0.469 e. The van der Waals surface area contributed by atoms with E-state index in [0.29, 0.717) is 12.1 Å². The maximum absolute atomic E-state index is 5.56. The lowest BCUT2D eigenvalue weighted by Gasteiger charge is -2.33. The number of aliphatic imine (C=N–C) groups is 1. The van der Waals surface area contributed by atoms with Crippen LogP contribution in [0.3, 0.4) is 0 Å². The number of nitrogens with one attached hydrogen (secondary N) is 2. The Bertz CT molecular complexity index is 720. The highest BCUT2D eigenvalue weighted by Crippen LogP contribution is 2.26. The quantitative estimate of drug-likeness (QED) is 0.510. The van der Waals surface area contributed by atoms with Crippen LogP contribution in [0.2, 0.25) is 0 Å². The highest BCUT2D eigenvalue weighted by molar-refractivity contribution is 7.10. The molecule has 2 aromatic heterocycles. The van der Waals surface area contributed by atoms with E-state index in [-0.39, 0.29) is 0 Å². The fraction of sp³-hybridized carbons (Fsp3) is 0.591. The lowest BCUT2D eigenvalue weighted by atomic mass is 10.2. The second kappa shape index (κ2) is 10.8. The molecule has 3 heterocycles. The molecular weight excluding hydrogens is 384 g/mol. The van der Waals surface area contributed by atoms with Gasteiger partial charge in [0.1, 0.15) is 5.76 Å². The Balaban J connectivity index is 1.41. The number of ether oxygens (including phenoxy) is 1. The zero-order valence-corrected chi connectivity index (χ0v) is 17.8. The van der Waals surface area contributed by atoms with Gasteiger partial charge in [-0.25, -0.2) is 0 Å². The summed E-state index contributed by atoms with van der Waals surface area (Å²) in [7, 11) is 0. The van der Waals surface area contributed by atoms with Crippen LogP contribution < -0.4 is 10.6 Å². The third-order valence-electron chi connectivity index (χ3n) is 5.72. The SMILES string of the molecule is c1coc(CCNC(=NCC(c2cccs2)N2CCOCC2)NC2CCCC2)c1. The third-order valence-corrected chi connectivity index (χ3v) is 6.69. The normalized spacial score (nSPS) is 20.1. The van der Waals surface area contributed by atoms with Gasteiger partial charge in [-0.1, -0.05) is 18.9 Å². The van der Waals surface area contributed by atoms with Gasteiger partial charge in [-0.2, -0.15) is 0 Å². The summed E-state index contributed by atoms with van der Waals surface area (Å²) in [6.07, 6.45) is 7.67. The number of hydrogen-bond donors (Lipinski definition) is 2. The van der Waals surface area contributed by atoms with E-state index in [1.54, 1.807) is 6.26 Å². The van der Waals surface area contributed by atoms with E-state index in [2.05, 4.69) is 33.0 Å². The van der Waals surface area contributed by atoms with Gasteiger partial charge in [0.2, 0.25) is 0 Å². The maximum atomic E-state index is 5.56. The summed E-state index contributed by atoms with van der Waals surface area (Å²) in [6.45, 7) is 5.11. The number of morpholine rings is 1. The molecule has 1 saturated heterocycles. The lowest BCUT2D eigenvalue weighted by Crippen LogP contribution is -2.44.